The third kappa shape index (κ3) is 2.89. The first-order valence-electron chi connectivity index (χ1n) is 6.51. The lowest BCUT2D eigenvalue weighted by Crippen LogP contribution is -2.38. The zero-order valence-corrected chi connectivity index (χ0v) is 12.1. The van der Waals surface area contributed by atoms with E-state index < -0.39 is 40.9 Å². The number of hydrogen-bond donors (Lipinski definition) is 2. The summed E-state index contributed by atoms with van der Waals surface area (Å²) in [5, 5.41) is 20.6. The van der Waals surface area contributed by atoms with E-state index in [-0.39, 0.29) is 11.3 Å². The van der Waals surface area contributed by atoms with Crippen LogP contribution < -0.4 is 5.73 Å². The first-order valence-corrected chi connectivity index (χ1v) is 6.51. The number of benzene rings is 1. The minimum absolute atomic E-state index is 0.169. The predicted molar refractivity (Wildman–Crippen MR) is 77.1 cm³/mol. The van der Waals surface area contributed by atoms with Crippen molar-refractivity contribution in [3.8, 4) is 0 Å². The second-order valence-electron chi connectivity index (χ2n) is 4.97. The van der Waals surface area contributed by atoms with Gasteiger partial charge in [-0.1, -0.05) is 0 Å². The van der Waals surface area contributed by atoms with Crippen LogP contribution in [0.4, 0.5) is 5.69 Å². The number of nitrogens with two attached hydrogens (primary N) is 1. The number of aliphatic hydroxyl groups is 1. The Balaban J connectivity index is 2.52. The molecule has 2 amide bonds. The average molecular weight is 319 g/mol. The smallest absolute Gasteiger partial charge is 0.290 e. The van der Waals surface area contributed by atoms with Gasteiger partial charge in [-0.05, 0) is 24.6 Å². The fourth-order valence-corrected chi connectivity index (χ4v) is 2.47. The third-order valence-electron chi connectivity index (χ3n) is 3.43. The molecule has 1 atom stereocenters. The van der Waals surface area contributed by atoms with E-state index in [2.05, 4.69) is 0 Å². The number of hydrogen-bond acceptors (Lipinski definition) is 6. The van der Waals surface area contributed by atoms with Crippen LogP contribution >= 0.6 is 0 Å². The number of non-ortho nitro benzene ring substituents is 1. The predicted octanol–water partition coefficient (Wildman–Crippen LogP) is 0.365. The van der Waals surface area contributed by atoms with Crippen molar-refractivity contribution in [2.45, 2.75) is 13.0 Å². The summed E-state index contributed by atoms with van der Waals surface area (Å²) in [7, 11) is 0. The summed E-state index contributed by atoms with van der Waals surface area (Å²) < 4.78 is 0. The molecule has 120 valence electrons. The number of ketones is 1. The number of nitro groups is 1. The molecule has 2 rings (SSSR count). The largest absolute Gasteiger partial charge is 0.503 e. The van der Waals surface area contributed by atoms with Gasteiger partial charge in [0.05, 0.1) is 16.5 Å². The minimum Gasteiger partial charge on any atom is -0.503 e. The third-order valence-corrected chi connectivity index (χ3v) is 3.43. The van der Waals surface area contributed by atoms with Gasteiger partial charge in [-0.15, -0.1) is 0 Å². The van der Waals surface area contributed by atoms with Crippen LogP contribution in [0.3, 0.4) is 0 Å². The van der Waals surface area contributed by atoms with Gasteiger partial charge in [0.1, 0.15) is 6.54 Å². The first kappa shape index (κ1) is 16.1. The number of primary amides is 1. The molecule has 1 aromatic rings. The van der Waals surface area contributed by atoms with E-state index in [1.54, 1.807) is 0 Å². The molecule has 1 heterocycles. The van der Waals surface area contributed by atoms with Crippen molar-refractivity contribution in [3.05, 3.63) is 51.3 Å². The van der Waals surface area contributed by atoms with E-state index in [0.717, 1.165) is 4.90 Å². The van der Waals surface area contributed by atoms with E-state index >= 15 is 0 Å². The van der Waals surface area contributed by atoms with Gasteiger partial charge >= 0.3 is 0 Å². The number of rotatable bonds is 5. The number of carbonyl (C=O) groups is 3. The molecule has 1 aliphatic rings. The van der Waals surface area contributed by atoms with Gasteiger partial charge < -0.3 is 15.7 Å². The van der Waals surface area contributed by atoms with Gasteiger partial charge in [-0.2, -0.15) is 0 Å². The number of nitrogens with zero attached hydrogens (tertiary/aromatic N) is 2. The summed E-state index contributed by atoms with van der Waals surface area (Å²) in [5.74, 6) is -3.01. The molecule has 9 nitrogen and oxygen atoms in total. The molecule has 0 bridgehead atoms. The summed E-state index contributed by atoms with van der Waals surface area (Å²) in [5.41, 5.74) is 5.10. The topological polar surface area (TPSA) is 144 Å². The molecule has 0 aromatic heterocycles. The van der Waals surface area contributed by atoms with Crippen LogP contribution in [0.25, 0.3) is 0 Å². The molecule has 3 N–H and O–H groups in total. The molecule has 0 saturated heterocycles. The van der Waals surface area contributed by atoms with Crippen LogP contribution in [0.2, 0.25) is 0 Å². The first-order chi connectivity index (χ1) is 10.7. The maximum absolute atomic E-state index is 12.1. The quantitative estimate of drug-likeness (QED) is 0.592. The second-order valence-corrected chi connectivity index (χ2v) is 4.97. The Morgan fingerprint density at radius 3 is 2.35 bits per heavy atom. The molecule has 0 fully saturated rings. The molecule has 0 saturated carbocycles. The zero-order valence-electron chi connectivity index (χ0n) is 12.1. The van der Waals surface area contributed by atoms with Crippen LogP contribution in [-0.4, -0.2) is 39.1 Å². The number of nitro benzene ring substituents is 1. The monoisotopic (exact) mass is 319 g/mol. The van der Waals surface area contributed by atoms with Crippen molar-refractivity contribution < 1.29 is 24.4 Å². The average Bonchev–Trinajstić information content (AvgIpc) is 2.71. The number of aliphatic hydroxyl groups excluding tert-OH is 1. The maximum atomic E-state index is 12.1. The fraction of sp³-hybridized carbons (Fsp3) is 0.214. The summed E-state index contributed by atoms with van der Waals surface area (Å²) in [6, 6.07) is 4.09. The molecule has 1 unspecified atom stereocenters. The molecule has 1 aromatic carbocycles. The molecular weight excluding hydrogens is 306 g/mol. The maximum Gasteiger partial charge on any atom is 0.290 e. The van der Waals surface area contributed by atoms with Crippen LogP contribution in [0, 0.1) is 10.1 Å². The van der Waals surface area contributed by atoms with Crippen molar-refractivity contribution in [2.75, 3.05) is 6.54 Å². The Labute approximate surface area is 130 Å². The molecule has 1 aliphatic heterocycles. The Hall–Kier alpha value is -3.23. The van der Waals surface area contributed by atoms with Crippen molar-refractivity contribution in [1.82, 2.24) is 4.90 Å². The minimum atomic E-state index is -1.02. The Bertz CT molecular complexity index is 737. The number of amides is 2. The zero-order chi connectivity index (χ0) is 17.3. The van der Waals surface area contributed by atoms with Crippen LogP contribution in [0.1, 0.15) is 18.5 Å². The summed E-state index contributed by atoms with van der Waals surface area (Å²) in [4.78, 5) is 46.1. The van der Waals surface area contributed by atoms with Crippen molar-refractivity contribution in [3.63, 3.8) is 0 Å². The second kappa shape index (κ2) is 5.87. The lowest BCUT2D eigenvalue weighted by atomic mass is 9.96. The SMILES string of the molecule is CC(=O)C1=C(O)C(=O)N(CC(N)=O)C1c1ccc([N+](=O)[O-])cc1. The van der Waals surface area contributed by atoms with Gasteiger partial charge in [-0.3, -0.25) is 24.5 Å². The van der Waals surface area contributed by atoms with E-state index in [9.17, 15) is 29.6 Å². The van der Waals surface area contributed by atoms with Crippen molar-refractivity contribution in [1.29, 1.82) is 0 Å². The highest BCUT2D eigenvalue weighted by atomic mass is 16.6. The van der Waals surface area contributed by atoms with Crippen molar-refractivity contribution in [2.24, 2.45) is 5.73 Å². The molecule has 9 heteroatoms. The van der Waals surface area contributed by atoms with Crippen molar-refractivity contribution >= 4 is 23.3 Å². The highest BCUT2D eigenvalue weighted by molar-refractivity contribution is 6.08. The number of Topliss-reactive ketones (excluding diaryl/α,β-unsaturated/α-hetero) is 1. The van der Waals surface area contributed by atoms with E-state index in [1.807, 2.05) is 0 Å². The lowest BCUT2D eigenvalue weighted by Gasteiger charge is -2.25. The Kier molecular flexibility index (Phi) is 4.12. The highest BCUT2D eigenvalue weighted by Gasteiger charge is 2.42. The van der Waals surface area contributed by atoms with Crippen LogP contribution in [-0.2, 0) is 14.4 Å². The molecule has 23 heavy (non-hydrogen) atoms. The summed E-state index contributed by atoms with van der Waals surface area (Å²) >= 11 is 0. The normalized spacial score (nSPS) is 17.5. The molecular formula is C14H13N3O6. The van der Waals surface area contributed by atoms with Crippen LogP contribution in [0.15, 0.2) is 35.6 Å². The van der Waals surface area contributed by atoms with E-state index in [1.165, 1.54) is 31.2 Å². The standard InChI is InChI=1S/C14H13N3O6/c1-7(18)11-12(8-2-4-9(5-3-8)17(22)23)16(6-10(15)19)14(21)13(11)20/h2-5,12,20H,6H2,1H3,(H2,15,19). The summed E-state index contributed by atoms with van der Waals surface area (Å²) in [6.45, 7) is 0.673. The fourth-order valence-electron chi connectivity index (χ4n) is 2.47. The van der Waals surface area contributed by atoms with Gasteiger partial charge in [0.25, 0.3) is 11.6 Å². The Morgan fingerprint density at radius 1 is 1.35 bits per heavy atom. The van der Waals surface area contributed by atoms with Crippen LogP contribution in [0.5, 0.6) is 0 Å². The van der Waals surface area contributed by atoms with E-state index in [4.69, 9.17) is 5.73 Å². The highest BCUT2D eigenvalue weighted by Crippen LogP contribution is 2.37. The molecule has 0 spiro atoms. The van der Waals surface area contributed by atoms with Gasteiger partial charge in [0.2, 0.25) is 5.91 Å². The summed E-state index contributed by atoms with van der Waals surface area (Å²) in [6.07, 6.45) is 0. The lowest BCUT2D eigenvalue weighted by molar-refractivity contribution is -0.384. The van der Waals surface area contributed by atoms with E-state index in [0.29, 0.717) is 5.56 Å². The molecule has 0 aliphatic carbocycles. The van der Waals surface area contributed by atoms with Gasteiger partial charge in [0, 0.05) is 12.1 Å². The van der Waals surface area contributed by atoms with Gasteiger partial charge in [0.15, 0.2) is 11.5 Å². The number of carbonyl (C=O) groups excluding carboxylic acids is 3. The Morgan fingerprint density at radius 2 is 1.91 bits per heavy atom. The van der Waals surface area contributed by atoms with Gasteiger partial charge in [-0.25, -0.2) is 0 Å². The molecule has 0 radical (unpaired) electrons.